The number of esters is 1. The number of nitrogens with zero attached hydrogens (tertiary/aromatic N) is 1. The third-order valence-corrected chi connectivity index (χ3v) is 4.37. The van der Waals surface area contributed by atoms with Crippen LogP contribution in [0.2, 0.25) is 0 Å². The van der Waals surface area contributed by atoms with Crippen molar-refractivity contribution in [1.82, 2.24) is 4.98 Å². The Morgan fingerprint density at radius 1 is 1.17 bits per heavy atom. The van der Waals surface area contributed by atoms with Gasteiger partial charge >= 0.3 is 5.97 Å². The topological polar surface area (TPSA) is 57.7 Å². The third-order valence-electron chi connectivity index (χ3n) is 3.36. The summed E-state index contributed by atoms with van der Waals surface area (Å²) in [5.74, 6) is 0.687. The van der Waals surface area contributed by atoms with E-state index < -0.39 is 5.97 Å². The minimum absolute atomic E-state index is 0.147. The molecule has 0 radical (unpaired) electrons. The smallest absolute Gasteiger partial charge is 0.338 e. The van der Waals surface area contributed by atoms with Crippen LogP contribution in [-0.4, -0.2) is 24.7 Å². The van der Waals surface area contributed by atoms with Gasteiger partial charge in [0.2, 0.25) is 0 Å². The van der Waals surface area contributed by atoms with Gasteiger partial charge in [-0.25, -0.2) is 9.78 Å². The second-order valence-corrected chi connectivity index (χ2v) is 6.07. The van der Waals surface area contributed by atoms with E-state index in [2.05, 4.69) is 4.98 Å². The molecule has 0 aliphatic heterocycles. The van der Waals surface area contributed by atoms with Crippen LogP contribution >= 0.6 is 11.3 Å². The van der Waals surface area contributed by atoms with E-state index in [0.29, 0.717) is 23.7 Å². The predicted molar refractivity (Wildman–Crippen MR) is 92.9 cm³/mol. The second kappa shape index (κ2) is 7.31. The molecule has 0 N–H and O–H groups in total. The normalized spacial score (nSPS) is 10.6. The van der Waals surface area contributed by atoms with E-state index in [1.54, 1.807) is 25.3 Å². The van der Waals surface area contributed by atoms with Crippen LogP contribution in [0.25, 0.3) is 10.2 Å². The summed E-state index contributed by atoms with van der Waals surface area (Å²) in [4.78, 5) is 16.7. The average molecular weight is 343 g/mol. The Morgan fingerprint density at radius 3 is 2.75 bits per heavy atom. The van der Waals surface area contributed by atoms with Crippen molar-refractivity contribution in [3.8, 4) is 11.5 Å². The maximum Gasteiger partial charge on any atom is 0.338 e. The first-order valence-corrected chi connectivity index (χ1v) is 8.35. The van der Waals surface area contributed by atoms with Crippen molar-refractivity contribution >= 4 is 27.5 Å². The van der Waals surface area contributed by atoms with Gasteiger partial charge in [-0.1, -0.05) is 12.1 Å². The fraction of sp³-hybridized carbons (Fsp3) is 0.222. The van der Waals surface area contributed by atoms with Crippen molar-refractivity contribution in [3.05, 3.63) is 53.0 Å². The largest absolute Gasteiger partial charge is 0.493 e. The first-order chi connectivity index (χ1) is 11.7. The predicted octanol–water partition coefficient (Wildman–Crippen LogP) is 4.06. The minimum atomic E-state index is -0.419. The zero-order chi connectivity index (χ0) is 16.9. The number of para-hydroxylation sites is 1. The lowest BCUT2D eigenvalue weighted by Gasteiger charge is -2.10. The highest BCUT2D eigenvalue weighted by atomic mass is 32.1. The molecule has 0 bridgehead atoms. The fourth-order valence-electron chi connectivity index (χ4n) is 2.26. The number of aromatic nitrogens is 1. The molecule has 6 heteroatoms. The van der Waals surface area contributed by atoms with E-state index in [-0.39, 0.29) is 6.61 Å². The van der Waals surface area contributed by atoms with Crippen molar-refractivity contribution in [2.24, 2.45) is 0 Å². The van der Waals surface area contributed by atoms with E-state index in [0.717, 1.165) is 15.2 Å². The number of fused-ring (bicyclic) bond motifs is 1. The van der Waals surface area contributed by atoms with Crippen LogP contribution in [0.5, 0.6) is 11.5 Å². The maximum atomic E-state index is 12.2. The third kappa shape index (κ3) is 3.49. The molecule has 0 spiro atoms. The summed E-state index contributed by atoms with van der Waals surface area (Å²) >= 11 is 1.52. The van der Waals surface area contributed by atoms with Crippen molar-refractivity contribution in [2.75, 3.05) is 13.7 Å². The van der Waals surface area contributed by atoms with Crippen molar-refractivity contribution in [3.63, 3.8) is 0 Å². The Kier molecular flexibility index (Phi) is 4.96. The number of benzene rings is 2. The van der Waals surface area contributed by atoms with Gasteiger partial charge in [-0.3, -0.25) is 0 Å². The molecule has 0 aliphatic rings. The zero-order valence-corrected chi connectivity index (χ0v) is 14.3. The monoisotopic (exact) mass is 343 g/mol. The fourth-order valence-corrected chi connectivity index (χ4v) is 3.14. The second-order valence-electron chi connectivity index (χ2n) is 4.95. The molecule has 0 saturated heterocycles. The van der Waals surface area contributed by atoms with E-state index >= 15 is 0 Å². The molecule has 2 aromatic carbocycles. The van der Waals surface area contributed by atoms with Crippen molar-refractivity contribution in [2.45, 2.75) is 13.5 Å². The molecular weight excluding hydrogens is 326 g/mol. The van der Waals surface area contributed by atoms with Gasteiger partial charge in [-0.05, 0) is 37.3 Å². The number of ether oxygens (including phenoxy) is 3. The van der Waals surface area contributed by atoms with E-state index in [1.165, 1.54) is 11.3 Å². The number of hydrogen-bond acceptors (Lipinski definition) is 6. The van der Waals surface area contributed by atoms with Crippen LogP contribution in [0.4, 0.5) is 0 Å². The lowest BCUT2D eigenvalue weighted by Crippen LogP contribution is -2.06. The molecule has 24 heavy (non-hydrogen) atoms. The first kappa shape index (κ1) is 16.3. The molecule has 0 fully saturated rings. The summed E-state index contributed by atoms with van der Waals surface area (Å²) in [6, 6.07) is 12.8. The number of hydrogen-bond donors (Lipinski definition) is 0. The molecule has 0 amide bonds. The first-order valence-electron chi connectivity index (χ1n) is 7.53. The van der Waals surface area contributed by atoms with Gasteiger partial charge < -0.3 is 14.2 Å². The highest BCUT2D eigenvalue weighted by molar-refractivity contribution is 7.18. The van der Waals surface area contributed by atoms with Gasteiger partial charge in [-0.15, -0.1) is 11.3 Å². The van der Waals surface area contributed by atoms with Crippen molar-refractivity contribution in [1.29, 1.82) is 0 Å². The van der Waals surface area contributed by atoms with Gasteiger partial charge in [0.1, 0.15) is 11.6 Å². The maximum absolute atomic E-state index is 12.2. The Hall–Kier alpha value is -2.60. The molecule has 0 unspecified atom stereocenters. The van der Waals surface area contributed by atoms with Crippen LogP contribution in [0.3, 0.4) is 0 Å². The number of thiazole rings is 1. The van der Waals surface area contributed by atoms with Crippen LogP contribution in [-0.2, 0) is 11.3 Å². The van der Waals surface area contributed by atoms with Crippen LogP contribution < -0.4 is 9.47 Å². The van der Waals surface area contributed by atoms with Crippen LogP contribution in [0.1, 0.15) is 22.3 Å². The summed E-state index contributed by atoms with van der Waals surface area (Å²) in [6.45, 7) is 2.51. The summed E-state index contributed by atoms with van der Waals surface area (Å²) < 4.78 is 17.1. The van der Waals surface area contributed by atoms with Gasteiger partial charge in [0.15, 0.2) is 11.5 Å². The van der Waals surface area contributed by atoms with Gasteiger partial charge in [0, 0.05) is 0 Å². The molecule has 1 heterocycles. The van der Waals surface area contributed by atoms with E-state index in [1.807, 2.05) is 31.2 Å². The highest BCUT2D eigenvalue weighted by Crippen LogP contribution is 2.28. The molecule has 1 aromatic heterocycles. The Morgan fingerprint density at radius 2 is 2.00 bits per heavy atom. The summed E-state index contributed by atoms with van der Waals surface area (Å²) in [6.07, 6.45) is 0. The zero-order valence-electron chi connectivity index (χ0n) is 13.4. The molecular formula is C18H17NO4S. The molecule has 3 rings (SSSR count). The summed E-state index contributed by atoms with van der Waals surface area (Å²) in [5.41, 5.74) is 1.33. The molecule has 0 aliphatic carbocycles. The SMILES string of the molecule is CCOc1cc(C(=O)OCc2nc3ccccc3s2)ccc1OC. The molecule has 0 atom stereocenters. The Balaban J connectivity index is 1.71. The van der Waals surface area contributed by atoms with E-state index in [4.69, 9.17) is 14.2 Å². The number of carbonyl (C=O) groups excluding carboxylic acids is 1. The van der Waals surface area contributed by atoms with Gasteiger partial charge in [0.05, 0.1) is 29.5 Å². The summed E-state index contributed by atoms with van der Waals surface area (Å²) in [5, 5.41) is 0.767. The van der Waals surface area contributed by atoms with Gasteiger partial charge in [0.25, 0.3) is 0 Å². The molecule has 3 aromatic rings. The molecule has 0 saturated carbocycles. The lowest BCUT2D eigenvalue weighted by molar-refractivity contribution is 0.0472. The van der Waals surface area contributed by atoms with E-state index in [9.17, 15) is 4.79 Å². The van der Waals surface area contributed by atoms with Crippen molar-refractivity contribution < 1.29 is 19.0 Å². The van der Waals surface area contributed by atoms with Crippen LogP contribution in [0.15, 0.2) is 42.5 Å². The Bertz CT molecular complexity index is 826. The number of rotatable bonds is 6. The standard InChI is InChI=1S/C18H17NO4S/c1-3-22-15-10-12(8-9-14(15)21-2)18(20)23-11-17-19-13-6-4-5-7-16(13)24-17/h4-10H,3,11H2,1-2H3. The Labute approximate surface area is 143 Å². The number of carbonyl (C=O) groups is 1. The summed E-state index contributed by atoms with van der Waals surface area (Å²) in [7, 11) is 1.56. The van der Waals surface area contributed by atoms with Crippen LogP contribution in [0, 0.1) is 0 Å². The lowest BCUT2D eigenvalue weighted by atomic mass is 10.2. The highest BCUT2D eigenvalue weighted by Gasteiger charge is 2.13. The average Bonchev–Trinajstić information content (AvgIpc) is 3.03. The van der Waals surface area contributed by atoms with Gasteiger partial charge in [-0.2, -0.15) is 0 Å². The number of methoxy groups -OCH3 is 1. The quantitative estimate of drug-likeness (QED) is 0.632. The molecule has 124 valence electrons. The molecule has 5 nitrogen and oxygen atoms in total. The minimum Gasteiger partial charge on any atom is -0.493 e.